The van der Waals surface area contributed by atoms with Crippen LogP contribution in [0.15, 0.2) is 60.2 Å². The van der Waals surface area contributed by atoms with Gasteiger partial charge >= 0.3 is 0 Å². The van der Waals surface area contributed by atoms with Crippen LogP contribution in [-0.4, -0.2) is 46.9 Å². The summed E-state index contributed by atoms with van der Waals surface area (Å²) in [5, 5.41) is 21.7. The van der Waals surface area contributed by atoms with Crippen LogP contribution in [0.25, 0.3) is 5.76 Å². The summed E-state index contributed by atoms with van der Waals surface area (Å²) in [5.74, 6) is -1.84. The third kappa shape index (κ3) is 4.02. The number of ketones is 1. The number of ether oxygens (including phenoxy) is 1. The number of nitro groups is 1. The highest BCUT2D eigenvalue weighted by molar-refractivity contribution is 6.46. The molecule has 0 spiro atoms. The summed E-state index contributed by atoms with van der Waals surface area (Å²) < 4.78 is 5.04. The molecule has 8 heteroatoms. The first kappa shape index (κ1) is 20.2. The average molecular weight is 396 g/mol. The normalized spacial score (nSPS) is 18.2. The summed E-state index contributed by atoms with van der Waals surface area (Å²) in [6, 6.07) is 13.4. The summed E-state index contributed by atoms with van der Waals surface area (Å²) in [5.41, 5.74) is 0.743. The molecule has 1 amide bonds. The maximum atomic E-state index is 12.8. The number of methoxy groups -OCH3 is 1. The molecule has 1 aliphatic rings. The van der Waals surface area contributed by atoms with Crippen molar-refractivity contribution < 1.29 is 24.4 Å². The second-order valence-electron chi connectivity index (χ2n) is 6.55. The van der Waals surface area contributed by atoms with E-state index in [-0.39, 0.29) is 29.1 Å². The van der Waals surface area contributed by atoms with Gasteiger partial charge in [-0.3, -0.25) is 19.7 Å². The molecule has 150 valence electrons. The van der Waals surface area contributed by atoms with Gasteiger partial charge in [-0.25, -0.2) is 0 Å². The molecule has 0 saturated carbocycles. The number of benzene rings is 2. The average Bonchev–Trinajstić information content (AvgIpc) is 2.99. The van der Waals surface area contributed by atoms with Crippen LogP contribution in [0.2, 0.25) is 0 Å². The van der Waals surface area contributed by atoms with Crippen molar-refractivity contribution in [3.05, 3.63) is 81.4 Å². The number of likely N-dealkylation sites (tertiary alicyclic amines) is 1. The Hall–Kier alpha value is -3.52. The lowest BCUT2D eigenvalue weighted by atomic mass is 9.95. The third-order valence-electron chi connectivity index (χ3n) is 4.75. The molecule has 0 aliphatic carbocycles. The summed E-state index contributed by atoms with van der Waals surface area (Å²) in [4.78, 5) is 37.2. The molecule has 1 aliphatic heterocycles. The predicted molar refractivity (Wildman–Crippen MR) is 105 cm³/mol. The van der Waals surface area contributed by atoms with Crippen LogP contribution in [0.4, 0.5) is 5.69 Å². The standard InChI is InChI=1S/C21H20N2O6/c1-29-13-5-12-22-18(14-6-3-2-4-7-14)17(20(25)21(22)26)19(24)15-8-10-16(11-9-15)23(27)28/h2-4,6-11,18,24H,5,12-13H2,1H3/b19-17-. The number of nitro benzene ring substituents is 1. The number of hydrogen-bond donors (Lipinski definition) is 1. The number of nitrogens with zero attached hydrogens (tertiary/aromatic N) is 2. The van der Waals surface area contributed by atoms with Crippen molar-refractivity contribution in [2.75, 3.05) is 20.3 Å². The molecule has 1 unspecified atom stereocenters. The first-order chi connectivity index (χ1) is 14.0. The SMILES string of the molecule is COCCCN1C(=O)C(=O)/C(=C(\O)c2ccc([N+](=O)[O-])cc2)C1c1ccccc1. The Morgan fingerprint density at radius 2 is 1.79 bits per heavy atom. The van der Waals surface area contributed by atoms with Crippen molar-refractivity contribution in [3.63, 3.8) is 0 Å². The van der Waals surface area contributed by atoms with Crippen LogP contribution in [0.1, 0.15) is 23.6 Å². The monoisotopic (exact) mass is 396 g/mol. The number of hydrogen-bond acceptors (Lipinski definition) is 6. The molecule has 2 aromatic rings. The summed E-state index contributed by atoms with van der Waals surface area (Å²) >= 11 is 0. The quantitative estimate of drug-likeness (QED) is 0.192. The lowest BCUT2D eigenvalue weighted by Gasteiger charge is -2.25. The third-order valence-corrected chi connectivity index (χ3v) is 4.75. The molecule has 1 fully saturated rings. The molecule has 1 saturated heterocycles. The molecule has 1 atom stereocenters. The minimum Gasteiger partial charge on any atom is -0.507 e. The van der Waals surface area contributed by atoms with Crippen LogP contribution < -0.4 is 0 Å². The largest absolute Gasteiger partial charge is 0.507 e. The van der Waals surface area contributed by atoms with Gasteiger partial charge in [0.25, 0.3) is 17.4 Å². The number of aliphatic hydroxyl groups is 1. The zero-order valence-corrected chi connectivity index (χ0v) is 15.8. The van der Waals surface area contributed by atoms with Crippen molar-refractivity contribution >= 4 is 23.1 Å². The van der Waals surface area contributed by atoms with Gasteiger partial charge in [0.15, 0.2) is 0 Å². The first-order valence-corrected chi connectivity index (χ1v) is 9.02. The molecule has 0 aromatic heterocycles. The van der Waals surface area contributed by atoms with Crippen LogP contribution >= 0.6 is 0 Å². The summed E-state index contributed by atoms with van der Waals surface area (Å²) in [7, 11) is 1.55. The number of carbonyl (C=O) groups excluding carboxylic acids is 2. The Morgan fingerprint density at radius 3 is 2.38 bits per heavy atom. The fraction of sp³-hybridized carbons (Fsp3) is 0.238. The second kappa shape index (κ2) is 8.66. The van der Waals surface area contributed by atoms with E-state index < -0.39 is 22.7 Å². The van der Waals surface area contributed by atoms with E-state index in [1.165, 1.54) is 29.2 Å². The maximum Gasteiger partial charge on any atom is 0.295 e. The van der Waals surface area contributed by atoms with Gasteiger partial charge in [0.2, 0.25) is 0 Å². The Kier molecular flexibility index (Phi) is 6.04. The highest BCUT2D eigenvalue weighted by atomic mass is 16.6. The van der Waals surface area contributed by atoms with Crippen molar-refractivity contribution in [1.29, 1.82) is 0 Å². The van der Waals surface area contributed by atoms with Gasteiger partial charge in [0, 0.05) is 38.0 Å². The van der Waals surface area contributed by atoms with E-state index in [1.54, 1.807) is 31.4 Å². The molecule has 3 rings (SSSR count). The molecule has 1 N–H and O–H groups in total. The van der Waals surface area contributed by atoms with Gasteiger partial charge in [-0.2, -0.15) is 0 Å². The maximum absolute atomic E-state index is 12.8. The number of carbonyl (C=O) groups is 2. The Balaban J connectivity index is 2.08. The molecule has 0 bridgehead atoms. The van der Waals surface area contributed by atoms with Gasteiger partial charge in [-0.15, -0.1) is 0 Å². The molecular weight excluding hydrogens is 376 g/mol. The zero-order chi connectivity index (χ0) is 21.0. The van der Waals surface area contributed by atoms with Crippen LogP contribution in [0.5, 0.6) is 0 Å². The van der Waals surface area contributed by atoms with E-state index in [0.29, 0.717) is 18.6 Å². The van der Waals surface area contributed by atoms with Gasteiger partial charge in [-0.1, -0.05) is 30.3 Å². The van der Waals surface area contributed by atoms with Crippen molar-refractivity contribution in [2.45, 2.75) is 12.5 Å². The predicted octanol–water partition coefficient (Wildman–Crippen LogP) is 3.05. The first-order valence-electron chi connectivity index (χ1n) is 9.02. The van der Waals surface area contributed by atoms with Crippen molar-refractivity contribution in [1.82, 2.24) is 4.90 Å². The zero-order valence-electron chi connectivity index (χ0n) is 15.8. The number of non-ortho nitro benzene ring substituents is 1. The highest BCUT2D eigenvalue weighted by Gasteiger charge is 2.45. The van der Waals surface area contributed by atoms with Crippen LogP contribution in [0, 0.1) is 10.1 Å². The number of Topliss-reactive ketones (excluding diaryl/α,β-unsaturated/α-hetero) is 1. The molecule has 8 nitrogen and oxygen atoms in total. The number of aliphatic hydroxyl groups excluding tert-OH is 1. The highest BCUT2D eigenvalue weighted by Crippen LogP contribution is 2.39. The van der Waals surface area contributed by atoms with E-state index >= 15 is 0 Å². The van der Waals surface area contributed by atoms with Gasteiger partial charge < -0.3 is 14.7 Å². The molecular formula is C21H20N2O6. The van der Waals surface area contributed by atoms with Crippen molar-refractivity contribution in [3.8, 4) is 0 Å². The number of amides is 1. The lowest BCUT2D eigenvalue weighted by molar-refractivity contribution is -0.384. The Morgan fingerprint density at radius 1 is 1.14 bits per heavy atom. The number of rotatable bonds is 7. The molecule has 0 radical (unpaired) electrons. The molecule has 29 heavy (non-hydrogen) atoms. The summed E-state index contributed by atoms with van der Waals surface area (Å²) in [6.07, 6.45) is 0.532. The topological polar surface area (TPSA) is 110 Å². The Bertz CT molecular complexity index is 953. The summed E-state index contributed by atoms with van der Waals surface area (Å²) in [6.45, 7) is 0.710. The fourth-order valence-corrected chi connectivity index (χ4v) is 3.37. The van der Waals surface area contributed by atoms with Crippen molar-refractivity contribution in [2.24, 2.45) is 0 Å². The minimum absolute atomic E-state index is 0.0348. The van der Waals surface area contributed by atoms with Gasteiger partial charge in [0.05, 0.1) is 16.5 Å². The van der Waals surface area contributed by atoms with E-state index in [0.717, 1.165) is 0 Å². The van der Waals surface area contributed by atoms with Gasteiger partial charge in [0.1, 0.15) is 5.76 Å². The molecule has 2 aromatic carbocycles. The second-order valence-corrected chi connectivity index (χ2v) is 6.55. The van der Waals surface area contributed by atoms with Crippen LogP contribution in [0.3, 0.4) is 0 Å². The smallest absolute Gasteiger partial charge is 0.295 e. The van der Waals surface area contributed by atoms with Gasteiger partial charge in [-0.05, 0) is 24.1 Å². The minimum atomic E-state index is -0.785. The van der Waals surface area contributed by atoms with E-state index in [1.807, 2.05) is 6.07 Å². The van der Waals surface area contributed by atoms with E-state index in [9.17, 15) is 24.8 Å². The fourth-order valence-electron chi connectivity index (χ4n) is 3.37. The Labute approximate surface area is 167 Å². The molecule has 1 heterocycles. The van der Waals surface area contributed by atoms with E-state index in [4.69, 9.17) is 4.74 Å². The lowest BCUT2D eigenvalue weighted by Crippen LogP contribution is -2.31. The van der Waals surface area contributed by atoms with E-state index in [2.05, 4.69) is 0 Å². The van der Waals surface area contributed by atoms with Crippen LogP contribution in [-0.2, 0) is 14.3 Å².